The van der Waals surface area contributed by atoms with Gasteiger partial charge in [0.25, 0.3) is 0 Å². The summed E-state index contributed by atoms with van der Waals surface area (Å²) >= 11 is 0. The van der Waals surface area contributed by atoms with Crippen molar-refractivity contribution in [3.63, 3.8) is 0 Å². The second-order valence-electron chi connectivity index (χ2n) is 17.6. The Kier molecular flexibility index (Phi) is 7.57. The Hall–Kier alpha value is -7.74. The molecule has 0 unspecified atom stereocenters. The van der Waals surface area contributed by atoms with Crippen molar-refractivity contribution >= 4 is 60.2 Å². The summed E-state index contributed by atoms with van der Waals surface area (Å²) in [6.45, 7) is 4.52. The van der Waals surface area contributed by atoms with E-state index in [2.05, 4.69) is 225 Å². The van der Waals surface area contributed by atoms with E-state index < -0.39 is 0 Å². The van der Waals surface area contributed by atoms with Gasteiger partial charge in [-0.3, -0.25) is 0 Å². The molecule has 0 saturated carbocycles. The predicted octanol–water partition coefficient (Wildman–Crippen LogP) is 17.5. The van der Waals surface area contributed by atoms with E-state index in [1.165, 1.54) is 115 Å². The monoisotopic (exact) mass is 787 g/mol. The number of nitrogens with zero attached hydrogens (tertiary/aromatic N) is 1. The lowest BCUT2D eigenvalue weighted by Gasteiger charge is -2.29. The molecule has 0 N–H and O–H groups in total. The van der Waals surface area contributed by atoms with E-state index in [9.17, 15) is 0 Å². The van der Waals surface area contributed by atoms with Crippen LogP contribution in [0.25, 0.3) is 110 Å². The maximum atomic E-state index is 2.43. The van der Waals surface area contributed by atoms with Crippen LogP contribution in [0.1, 0.15) is 25.3 Å². The van der Waals surface area contributed by atoms with Gasteiger partial charge in [0, 0.05) is 17.1 Å². The summed E-state index contributed by atoms with van der Waals surface area (Å²) in [5, 5.41) is 10.1. The van der Waals surface area contributed by atoms with Gasteiger partial charge in [-0.05, 0) is 218 Å². The van der Waals surface area contributed by atoms with Crippen LogP contribution in [0, 0.1) is 0 Å². The fourth-order valence-corrected chi connectivity index (χ4v) is 10.2. The smallest absolute Gasteiger partial charge is 0.0468 e. The van der Waals surface area contributed by atoms with Crippen LogP contribution in [0.3, 0.4) is 0 Å². The lowest BCUT2D eigenvalue weighted by atomic mass is 9.77. The summed E-state index contributed by atoms with van der Waals surface area (Å²) in [6.07, 6.45) is 0. The largest absolute Gasteiger partial charge is 0.310 e. The van der Waals surface area contributed by atoms with Gasteiger partial charge < -0.3 is 4.90 Å². The average Bonchev–Trinajstić information content (AvgIpc) is 3.32. The highest BCUT2D eigenvalue weighted by Gasteiger charge is 2.26. The van der Waals surface area contributed by atoms with E-state index in [-0.39, 0.29) is 0 Å². The van der Waals surface area contributed by atoms with Gasteiger partial charge in [-0.1, -0.05) is 123 Å². The molecular weight excluding hydrogens is 747 g/mol. The molecule has 0 saturated heterocycles. The van der Waals surface area contributed by atoms with Crippen LogP contribution in [0.15, 0.2) is 206 Å². The summed E-state index contributed by atoms with van der Waals surface area (Å²) in [7, 11) is 0. The van der Waals surface area contributed by atoms with Crippen LogP contribution >= 0.6 is 0 Å². The zero-order valence-electron chi connectivity index (χ0n) is 34.7. The van der Waals surface area contributed by atoms with Gasteiger partial charge in [0.15, 0.2) is 0 Å². The standard InChI is InChI=1S/C61H41N/c1-37(2)38-17-21-51(22-18-38)62(52-23-19-45-31-56-54-29-43-15-13-41(39-9-5-3-6-10-39)25-47(43)33-58(54)60(56)35-49(45)27-52)53-24-20-46-32-57-55-30-44-16-14-42(40-11-7-4-8-12-40)26-48(44)34-59(55)61(57)36-50(46)28-53/h3-37H,1-2H3. The SMILES string of the molecule is CC(C)c1ccc(N(c2ccc3cc4c(cc3c2)-c2cc3cc(-c5ccccc5)ccc3cc2-4)c2ccc3cc4c(cc3c2)-c2cc3cc(-c5ccccc5)ccc3cc2-4)cc1. The maximum absolute atomic E-state index is 2.43. The van der Waals surface area contributed by atoms with Crippen LogP contribution in [-0.2, 0) is 0 Å². The highest BCUT2D eigenvalue weighted by molar-refractivity contribution is 6.14. The third-order valence-electron chi connectivity index (χ3n) is 13.6. The van der Waals surface area contributed by atoms with Crippen molar-refractivity contribution in [2.24, 2.45) is 0 Å². The molecule has 62 heavy (non-hydrogen) atoms. The van der Waals surface area contributed by atoms with Crippen molar-refractivity contribution in [1.82, 2.24) is 0 Å². The van der Waals surface area contributed by atoms with Crippen LogP contribution < -0.4 is 4.90 Å². The molecule has 13 rings (SSSR count). The van der Waals surface area contributed by atoms with Gasteiger partial charge in [0.05, 0.1) is 0 Å². The molecule has 0 amide bonds. The first-order valence-electron chi connectivity index (χ1n) is 21.8. The van der Waals surface area contributed by atoms with E-state index in [1.807, 2.05) is 0 Å². The van der Waals surface area contributed by atoms with Gasteiger partial charge in [-0.2, -0.15) is 0 Å². The Labute approximate surface area is 361 Å². The van der Waals surface area contributed by atoms with Crippen LogP contribution in [0.5, 0.6) is 0 Å². The van der Waals surface area contributed by atoms with Crippen molar-refractivity contribution in [2.45, 2.75) is 19.8 Å². The lowest BCUT2D eigenvalue weighted by Crippen LogP contribution is -2.10. The molecule has 290 valence electrons. The van der Waals surface area contributed by atoms with Gasteiger partial charge >= 0.3 is 0 Å². The van der Waals surface area contributed by atoms with E-state index in [1.54, 1.807) is 0 Å². The Bertz CT molecular complexity index is 3420. The normalized spacial score (nSPS) is 12.2. The van der Waals surface area contributed by atoms with E-state index in [0.717, 1.165) is 17.1 Å². The first-order valence-corrected chi connectivity index (χ1v) is 21.8. The van der Waals surface area contributed by atoms with Crippen LogP contribution in [0.4, 0.5) is 17.1 Å². The average molecular weight is 788 g/mol. The number of benzene rings is 11. The Morgan fingerprint density at radius 1 is 0.258 bits per heavy atom. The number of rotatable bonds is 6. The molecule has 0 bridgehead atoms. The molecule has 1 nitrogen and oxygen atoms in total. The minimum atomic E-state index is 0.463. The lowest BCUT2D eigenvalue weighted by molar-refractivity contribution is 0.866. The summed E-state index contributed by atoms with van der Waals surface area (Å²) in [5.74, 6) is 0.463. The molecule has 11 aromatic carbocycles. The van der Waals surface area contributed by atoms with E-state index in [4.69, 9.17) is 0 Å². The second kappa shape index (κ2) is 13.4. The highest BCUT2D eigenvalue weighted by Crippen LogP contribution is 2.53. The molecule has 1 heteroatoms. The van der Waals surface area contributed by atoms with Crippen molar-refractivity contribution in [2.75, 3.05) is 4.90 Å². The predicted molar refractivity (Wildman–Crippen MR) is 265 cm³/mol. The molecule has 0 aromatic heterocycles. The number of hydrogen-bond donors (Lipinski definition) is 0. The number of hydrogen-bond acceptors (Lipinski definition) is 1. The molecule has 2 aliphatic rings. The van der Waals surface area contributed by atoms with Gasteiger partial charge in [0.2, 0.25) is 0 Å². The van der Waals surface area contributed by atoms with Crippen LogP contribution in [0.2, 0.25) is 0 Å². The third kappa shape index (κ3) is 5.48. The molecule has 2 aliphatic carbocycles. The first-order chi connectivity index (χ1) is 30.5. The summed E-state index contributed by atoms with van der Waals surface area (Å²) in [4.78, 5) is 2.43. The molecule has 0 atom stereocenters. The Morgan fingerprint density at radius 3 is 0.952 bits per heavy atom. The first kappa shape index (κ1) is 35.1. The van der Waals surface area contributed by atoms with E-state index in [0.29, 0.717) is 5.92 Å². The molecule has 0 fully saturated rings. The zero-order valence-corrected chi connectivity index (χ0v) is 34.7. The van der Waals surface area contributed by atoms with Crippen molar-refractivity contribution in [1.29, 1.82) is 0 Å². The summed E-state index contributed by atoms with van der Waals surface area (Å²) in [6, 6.07) is 77.3. The molecular formula is C61H41N. The summed E-state index contributed by atoms with van der Waals surface area (Å²) in [5.41, 5.74) is 20.5. The molecule has 0 heterocycles. The molecule has 0 radical (unpaired) electrons. The van der Waals surface area contributed by atoms with Crippen molar-refractivity contribution in [3.05, 3.63) is 212 Å². The topological polar surface area (TPSA) is 3.24 Å². The van der Waals surface area contributed by atoms with Gasteiger partial charge in [-0.15, -0.1) is 0 Å². The third-order valence-corrected chi connectivity index (χ3v) is 13.6. The van der Waals surface area contributed by atoms with E-state index >= 15 is 0 Å². The van der Waals surface area contributed by atoms with Crippen molar-refractivity contribution < 1.29 is 0 Å². The minimum absolute atomic E-state index is 0.463. The van der Waals surface area contributed by atoms with Crippen LogP contribution in [-0.4, -0.2) is 0 Å². The quantitative estimate of drug-likeness (QED) is 0.162. The molecule has 0 spiro atoms. The fourth-order valence-electron chi connectivity index (χ4n) is 10.2. The highest BCUT2D eigenvalue weighted by atomic mass is 15.1. The second-order valence-corrected chi connectivity index (χ2v) is 17.6. The van der Waals surface area contributed by atoms with Crippen molar-refractivity contribution in [3.8, 4) is 66.8 Å². The maximum Gasteiger partial charge on any atom is 0.0468 e. The molecule has 0 aliphatic heterocycles. The fraction of sp³-hybridized carbons (Fsp3) is 0.0492. The zero-order chi connectivity index (χ0) is 41.1. The van der Waals surface area contributed by atoms with Gasteiger partial charge in [0.1, 0.15) is 0 Å². The Balaban J connectivity index is 0.893. The number of fused-ring (bicyclic) bond motifs is 12. The molecule has 11 aromatic rings. The Morgan fingerprint density at radius 2 is 0.581 bits per heavy atom. The number of anilines is 3. The summed E-state index contributed by atoms with van der Waals surface area (Å²) < 4.78 is 0. The van der Waals surface area contributed by atoms with Gasteiger partial charge in [-0.25, -0.2) is 0 Å². The minimum Gasteiger partial charge on any atom is -0.310 e.